The molecule has 2 atom stereocenters. The van der Waals surface area contributed by atoms with Gasteiger partial charge in [-0.15, -0.1) is 10.2 Å². The molecule has 0 radical (unpaired) electrons. The number of amides is 1. The smallest absolute Gasteiger partial charge is 0.233 e. The Kier molecular flexibility index (Phi) is 5.86. The fourth-order valence-corrected chi connectivity index (χ4v) is 4.40. The lowest BCUT2D eigenvalue weighted by molar-refractivity contribution is -0.134. The van der Waals surface area contributed by atoms with Crippen LogP contribution in [0.2, 0.25) is 0 Å². The highest BCUT2D eigenvalue weighted by Crippen LogP contribution is 2.30. The van der Waals surface area contributed by atoms with E-state index >= 15 is 0 Å². The third kappa shape index (κ3) is 3.72. The van der Waals surface area contributed by atoms with Crippen molar-refractivity contribution in [2.75, 3.05) is 12.9 Å². The molecule has 7 heteroatoms. The van der Waals surface area contributed by atoms with Crippen molar-refractivity contribution >= 4 is 17.7 Å². The molecule has 1 aromatic carbocycles. The Bertz CT molecular complexity index is 767. The molecule has 2 heterocycles. The zero-order valence-corrected chi connectivity index (χ0v) is 16.6. The third-order valence-corrected chi connectivity index (χ3v) is 5.99. The number of para-hydroxylation sites is 1. The molecule has 0 N–H and O–H groups in total. The minimum atomic E-state index is 0.177. The summed E-state index contributed by atoms with van der Waals surface area (Å²) in [6.07, 6.45) is 3.37. The van der Waals surface area contributed by atoms with Crippen LogP contribution in [0.3, 0.4) is 0 Å². The van der Waals surface area contributed by atoms with Crippen molar-refractivity contribution in [3.05, 3.63) is 24.3 Å². The van der Waals surface area contributed by atoms with Gasteiger partial charge in [0.05, 0.1) is 18.4 Å². The monoisotopic (exact) mass is 374 g/mol. The summed E-state index contributed by atoms with van der Waals surface area (Å²) in [5.41, 5.74) is 0.890. The van der Waals surface area contributed by atoms with Gasteiger partial charge in [-0.05, 0) is 45.2 Å². The maximum Gasteiger partial charge on any atom is 0.233 e. The number of rotatable bonds is 5. The zero-order chi connectivity index (χ0) is 18.7. The maximum absolute atomic E-state index is 12.7. The number of ether oxygens (including phenoxy) is 1. The molecule has 1 saturated heterocycles. The lowest BCUT2D eigenvalue weighted by atomic mass is 9.98. The van der Waals surface area contributed by atoms with Gasteiger partial charge in [-0.1, -0.05) is 23.9 Å². The van der Waals surface area contributed by atoms with Gasteiger partial charge < -0.3 is 14.2 Å². The van der Waals surface area contributed by atoms with Gasteiger partial charge in [-0.2, -0.15) is 0 Å². The molecule has 1 fully saturated rings. The number of carbonyl (C=O) groups excluding carboxylic acids is 1. The number of hydrogen-bond donors (Lipinski definition) is 0. The van der Waals surface area contributed by atoms with Crippen molar-refractivity contribution < 1.29 is 9.53 Å². The number of benzene rings is 1. The highest BCUT2D eigenvalue weighted by atomic mass is 32.2. The van der Waals surface area contributed by atoms with Gasteiger partial charge in [-0.25, -0.2) is 0 Å². The van der Waals surface area contributed by atoms with Gasteiger partial charge >= 0.3 is 0 Å². The second kappa shape index (κ2) is 8.12. The minimum absolute atomic E-state index is 0.177. The number of aromatic nitrogens is 3. The third-order valence-electron chi connectivity index (χ3n) is 4.99. The Labute approximate surface area is 158 Å². The number of thioether (sulfide) groups is 1. The first-order valence-corrected chi connectivity index (χ1v) is 9.98. The predicted molar refractivity (Wildman–Crippen MR) is 103 cm³/mol. The summed E-state index contributed by atoms with van der Waals surface area (Å²) >= 11 is 1.44. The molecule has 1 aromatic heterocycles. The SMILES string of the molecule is COc1ccccc1-c1nnc(SCC(=O)N2[C@H](C)CCC[C@@H]2C)n1C. The number of nitrogens with zero attached hydrogens (tertiary/aromatic N) is 4. The second-order valence-corrected chi connectivity index (χ2v) is 7.73. The molecule has 1 aliphatic rings. The number of likely N-dealkylation sites (tertiary alicyclic amines) is 1. The summed E-state index contributed by atoms with van der Waals surface area (Å²) in [7, 11) is 3.56. The summed E-state index contributed by atoms with van der Waals surface area (Å²) < 4.78 is 7.33. The van der Waals surface area contributed by atoms with Crippen molar-refractivity contribution in [1.82, 2.24) is 19.7 Å². The van der Waals surface area contributed by atoms with Crippen LogP contribution in [0.25, 0.3) is 11.4 Å². The maximum atomic E-state index is 12.7. The minimum Gasteiger partial charge on any atom is -0.496 e. The molecule has 3 rings (SSSR count). The van der Waals surface area contributed by atoms with Crippen molar-refractivity contribution in [3.63, 3.8) is 0 Å². The molecular formula is C19H26N4O2S. The van der Waals surface area contributed by atoms with E-state index in [2.05, 4.69) is 24.0 Å². The molecule has 0 saturated carbocycles. The summed E-state index contributed by atoms with van der Waals surface area (Å²) in [5.74, 6) is 2.05. The zero-order valence-electron chi connectivity index (χ0n) is 15.8. The van der Waals surface area contributed by atoms with E-state index in [9.17, 15) is 4.79 Å². The fourth-order valence-electron chi connectivity index (χ4n) is 3.62. The van der Waals surface area contributed by atoms with Crippen molar-refractivity contribution in [2.45, 2.75) is 50.4 Å². The predicted octanol–water partition coefficient (Wildman–Crippen LogP) is 3.37. The molecule has 2 aromatic rings. The van der Waals surface area contributed by atoms with Crippen LogP contribution >= 0.6 is 11.8 Å². The van der Waals surface area contributed by atoms with Crippen LogP contribution < -0.4 is 4.74 Å². The Hall–Kier alpha value is -2.02. The van der Waals surface area contributed by atoms with E-state index in [1.54, 1.807) is 7.11 Å². The van der Waals surface area contributed by atoms with Crippen molar-refractivity contribution in [2.24, 2.45) is 7.05 Å². The van der Waals surface area contributed by atoms with Crippen LogP contribution in [0.5, 0.6) is 5.75 Å². The van der Waals surface area contributed by atoms with E-state index in [4.69, 9.17) is 4.74 Å². The lowest BCUT2D eigenvalue weighted by Crippen LogP contribution is -2.48. The fraction of sp³-hybridized carbons (Fsp3) is 0.526. The highest BCUT2D eigenvalue weighted by molar-refractivity contribution is 7.99. The first-order chi connectivity index (χ1) is 12.5. The number of methoxy groups -OCH3 is 1. The van der Waals surface area contributed by atoms with E-state index in [0.29, 0.717) is 17.8 Å². The number of carbonyl (C=O) groups is 1. The molecule has 0 bridgehead atoms. The molecule has 6 nitrogen and oxygen atoms in total. The molecule has 1 aliphatic heterocycles. The lowest BCUT2D eigenvalue weighted by Gasteiger charge is -2.39. The molecule has 0 unspecified atom stereocenters. The van der Waals surface area contributed by atoms with Crippen LogP contribution in [0, 0.1) is 0 Å². The molecular weight excluding hydrogens is 348 g/mol. The molecule has 0 aliphatic carbocycles. The normalized spacial score (nSPS) is 20.2. The number of piperidine rings is 1. The second-order valence-electron chi connectivity index (χ2n) is 6.78. The van der Waals surface area contributed by atoms with Crippen LogP contribution in [0.4, 0.5) is 0 Å². The van der Waals surface area contributed by atoms with Gasteiger partial charge in [0, 0.05) is 19.1 Å². The van der Waals surface area contributed by atoms with Crippen molar-refractivity contribution in [3.8, 4) is 17.1 Å². The average Bonchev–Trinajstić information content (AvgIpc) is 3.00. The molecule has 0 spiro atoms. The van der Waals surface area contributed by atoms with Crippen LogP contribution in [0.15, 0.2) is 29.4 Å². The van der Waals surface area contributed by atoms with E-state index in [-0.39, 0.29) is 5.91 Å². The van der Waals surface area contributed by atoms with E-state index in [0.717, 1.165) is 35.1 Å². The molecule has 26 heavy (non-hydrogen) atoms. The Morgan fingerprint density at radius 1 is 1.23 bits per heavy atom. The summed E-state index contributed by atoms with van der Waals surface area (Å²) in [6.45, 7) is 4.28. The Balaban J connectivity index is 1.72. The first-order valence-electron chi connectivity index (χ1n) is 8.99. The quantitative estimate of drug-likeness (QED) is 0.751. The van der Waals surface area contributed by atoms with E-state index in [1.807, 2.05) is 40.8 Å². The Morgan fingerprint density at radius 2 is 1.92 bits per heavy atom. The van der Waals surface area contributed by atoms with Gasteiger partial charge in [0.25, 0.3) is 0 Å². The van der Waals surface area contributed by atoms with E-state index in [1.165, 1.54) is 18.2 Å². The average molecular weight is 375 g/mol. The van der Waals surface area contributed by atoms with Gasteiger partial charge in [-0.3, -0.25) is 4.79 Å². The standard InChI is InChI=1S/C19H26N4O2S/c1-13-8-7-9-14(2)23(13)17(24)12-26-19-21-20-18(22(19)3)15-10-5-6-11-16(15)25-4/h5-6,10-11,13-14H,7-9,12H2,1-4H3/t13-,14+. The van der Waals surface area contributed by atoms with Gasteiger partial charge in [0.15, 0.2) is 11.0 Å². The topological polar surface area (TPSA) is 60.3 Å². The van der Waals surface area contributed by atoms with Crippen molar-refractivity contribution in [1.29, 1.82) is 0 Å². The summed E-state index contributed by atoms with van der Waals surface area (Å²) in [5, 5.41) is 9.31. The summed E-state index contributed by atoms with van der Waals surface area (Å²) in [6, 6.07) is 8.36. The van der Waals surface area contributed by atoms with Crippen LogP contribution in [-0.2, 0) is 11.8 Å². The van der Waals surface area contributed by atoms with E-state index < -0.39 is 0 Å². The highest BCUT2D eigenvalue weighted by Gasteiger charge is 2.29. The first kappa shape index (κ1) is 18.8. The van der Waals surface area contributed by atoms with Gasteiger partial charge in [0.2, 0.25) is 5.91 Å². The summed E-state index contributed by atoms with van der Waals surface area (Å²) in [4.78, 5) is 14.7. The Morgan fingerprint density at radius 3 is 2.62 bits per heavy atom. The van der Waals surface area contributed by atoms with Gasteiger partial charge in [0.1, 0.15) is 5.75 Å². The molecule has 1 amide bonds. The van der Waals surface area contributed by atoms with Crippen LogP contribution in [-0.4, -0.2) is 50.5 Å². The molecule has 140 valence electrons. The largest absolute Gasteiger partial charge is 0.496 e. The number of hydrogen-bond acceptors (Lipinski definition) is 5. The van der Waals surface area contributed by atoms with Crippen LogP contribution in [0.1, 0.15) is 33.1 Å².